The topological polar surface area (TPSA) is 24.1 Å². The molecule has 2 N–H and O–H groups in total. The summed E-state index contributed by atoms with van der Waals surface area (Å²) in [6, 6.07) is 5.88. The first-order valence-corrected chi connectivity index (χ1v) is 8.16. The number of hydrogen-bond donors (Lipinski definition) is 2. The summed E-state index contributed by atoms with van der Waals surface area (Å²) >= 11 is 11.4. The largest absolute Gasteiger partial charge is 0.362 e. The lowest BCUT2D eigenvalue weighted by Gasteiger charge is -2.17. The number of halogens is 1. The van der Waals surface area contributed by atoms with E-state index in [1.54, 1.807) is 0 Å². The van der Waals surface area contributed by atoms with Crippen molar-refractivity contribution < 1.29 is 0 Å². The molecule has 1 aromatic rings. The fraction of sp³-hybridized carbons (Fsp3) is 0.562. The highest BCUT2D eigenvalue weighted by Gasteiger charge is 2.07. The highest BCUT2D eigenvalue weighted by Crippen LogP contribution is 2.19. The molecule has 0 radical (unpaired) electrons. The second-order valence-corrected chi connectivity index (χ2v) is 6.03. The second-order valence-electron chi connectivity index (χ2n) is 5.22. The number of aryl methyl sites for hydroxylation is 1. The summed E-state index contributed by atoms with van der Waals surface area (Å²) in [6.45, 7) is 7.38. The van der Waals surface area contributed by atoms with Gasteiger partial charge in [0.1, 0.15) is 0 Å². The number of rotatable bonds is 7. The summed E-state index contributed by atoms with van der Waals surface area (Å²) in [7, 11) is 0. The van der Waals surface area contributed by atoms with Gasteiger partial charge in [0.25, 0.3) is 0 Å². The smallest absolute Gasteiger partial charge is 0.170 e. The van der Waals surface area contributed by atoms with Crippen LogP contribution in [-0.4, -0.2) is 11.7 Å². The molecule has 0 aliphatic carbocycles. The van der Waals surface area contributed by atoms with Crippen LogP contribution in [0.5, 0.6) is 0 Å². The van der Waals surface area contributed by atoms with Gasteiger partial charge in [-0.05, 0) is 49.2 Å². The molecular formula is C16H25ClN2S. The standard InChI is InChI=1S/C16H25ClN2S/c1-4-6-7-13(5-2)11-18-16(20)19-14-9-8-12(3)15(17)10-14/h8-10,13H,4-7,11H2,1-3H3,(H2,18,19,20). The highest BCUT2D eigenvalue weighted by molar-refractivity contribution is 7.80. The number of hydrogen-bond acceptors (Lipinski definition) is 1. The summed E-state index contributed by atoms with van der Waals surface area (Å²) in [6.07, 6.45) is 4.99. The molecule has 0 amide bonds. The van der Waals surface area contributed by atoms with Gasteiger partial charge >= 0.3 is 0 Å². The predicted molar refractivity (Wildman–Crippen MR) is 93.7 cm³/mol. The Bertz CT molecular complexity index is 434. The third kappa shape index (κ3) is 6.10. The number of thiocarbonyl (C=S) groups is 1. The lowest BCUT2D eigenvalue weighted by Crippen LogP contribution is -2.32. The second kappa shape index (κ2) is 9.19. The molecule has 1 atom stereocenters. The molecule has 4 heteroatoms. The molecule has 0 bridgehead atoms. The van der Waals surface area contributed by atoms with Gasteiger partial charge in [-0.1, -0.05) is 50.8 Å². The molecule has 0 aromatic heterocycles. The van der Waals surface area contributed by atoms with Gasteiger partial charge < -0.3 is 10.6 Å². The van der Waals surface area contributed by atoms with Crippen LogP contribution in [0.25, 0.3) is 0 Å². The Hall–Kier alpha value is -0.800. The fourth-order valence-corrected chi connectivity index (χ4v) is 2.41. The lowest BCUT2D eigenvalue weighted by atomic mass is 9.99. The van der Waals surface area contributed by atoms with E-state index in [9.17, 15) is 0 Å². The Balaban J connectivity index is 2.40. The molecular weight excluding hydrogens is 288 g/mol. The molecule has 20 heavy (non-hydrogen) atoms. The molecule has 0 saturated heterocycles. The maximum absolute atomic E-state index is 6.10. The van der Waals surface area contributed by atoms with Gasteiger partial charge in [-0.25, -0.2) is 0 Å². The Labute approximate surface area is 133 Å². The third-order valence-corrected chi connectivity index (χ3v) is 4.18. The van der Waals surface area contributed by atoms with Gasteiger partial charge in [-0.3, -0.25) is 0 Å². The molecule has 112 valence electrons. The summed E-state index contributed by atoms with van der Waals surface area (Å²) in [5.41, 5.74) is 2.00. The SMILES string of the molecule is CCCCC(CC)CNC(=S)Nc1ccc(C)c(Cl)c1. The van der Waals surface area contributed by atoms with E-state index in [4.69, 9.17) is 23.8 Å². The highest BCUT2D eigenvalue weighted by atomic mass is 35.5. The normalized spacial score (nSPS) is 12.0. The Morgan fingerprint density at radius 3 is 2.70 bits per heavy atom. The van der Waals surface area contributed by atoms with Crippen molar-refractivity contribution in [1.82, 2.24) is 5.32 Å². The zero-order chi connectivity index (χ0) is 15.0. The van der Waals surface area contributed by atoms with Crippen molar-refractivity contribution in [3.63, 3.8) is 0 Å². The molecule has 0 aliphatic heterocycles. The number of benzene rings is 1. The minimum absolute atomic E-state index is 0.667. The molecule has 1 unspecified atom stereocenters. The average Bonchev–Trinajstić information content (AvgIpc) is 2.43. The van der Waals surface area contributed by atoms with Gasteiger partial charge in [0.2, 0.25) is 0 Å². The minimum Gasteiger partial charge on any atom is -0.362 e. The summed E-state index contributed by atoms with van der Waals surface area (Å²) in [4.78, 5) is 0. The first kappa shape index (κ1) is 17.3. The molecule has 0 heterocycles. The Kier molecular flexibility index (Phi) is 7.93. The molecule has 0 fully saturated rings. The molecule has 0 saturated carbocycles. The first-order chi connectivity index (χ1) is 9.56. The predicted octanol–water partition coefficient (Wildman–Crippen LogP) is 5.15. The summed E-state index contributed by atoms with van der Waals surface area (Å²) in [5, 5.41) is 7.91. The van der Waals surface area contributed by atoms with Crippen LogP contribution >= 0.6 is 23.8 Å². The van der Waals surface area contributed by atoms with Crippen LogP contribution in [-0.2, 0) is 0 Å². The van der Waals surface area contributed by atoms with Crippen molar-refractivity contribution in [3.8, 4) is 0 Å². The number of unbranched alkanes of at least 4 members (excludes halogenated alkanes) is 1. The number of anilines is 1. The van der Waals surface area contributed by atoms with Gasteiger partial charge in [0, 0.05) is 17.3 Å². The zero-order valence-corrected chi connectivity index (χ0v) is 14.2. The van der Waals surface area contributed by atoms with Crippen molar-refractivity contribution in [2.45, 2.75) is 46.5 Å². The van der Waals surface area contributed by atoms with Crippen molar-refractivity contribution >= 4 is 34.6 Å². The van der Waals surface area contributed by atoms with Crippen molar-refractivity contribution in [1.29, 1.82) is 0 Å². The van der Waals surface area contributed by atoms with Crippen LogP contribution in [0, 0.1) is 12.8 Å². The average molecular weight is 313 g/mol. The monoisotopic (exact) mass is 312 g/mol. The van der Waals surface area contributed by atoms with Crippen molar-refractivity contribution in [3.05, 3.63) is 28.8 Å². The maximum atomic E-state index is 6.10. The van der Waals surface area contributed by atoms with E-state index in [0.29, 0.717) is 11.0 Å². The van der Waals surface area contributed by atoms with Crippen LogP contribution in [0.2, 0.25) is 5.02 Å². The third-order valence-electron chi connectivity index (χ3n) is 3.52. The number of nitrogens with one attached hydrogen (secondary N) is 2. The fourth-order valence-electron chi connectivity index (χ4n) is 2.03. The Morgan fingerprint density at radius 2 is 2.10 bits per heavy atom. The first-order valence-electron chi connectivity index (χ1n) is 7.37. The minimum atomic E-state index is 0.667. The Morgan fingerprint density at radius 1 is 1.35 bits per heavy atom. The lowest BCUT2D eigenvalue weighted by molar-refractivity contribution is 0.446. The molecule has 0 spiro atoms. The van der Waals surface area contributed by atoms with Crippen LogP contribution < -0.4 is 10.6 Å². The van der Waals surface area contributed by atoms with Crippen LogP contribution in [0.4, 0.5) is 5.69 Å². The molecule has 1 aromatic carbocycles. The van der Waals surface area contributed by atoms with Crippen LogP contribution in [0.15, 0.2) is 18.2 Å². The zero-order valence-electron chi connectivity index (χ0n) is 12.6. The van der Waals surface area contributed by atoms with E-state index in [1.807, 2.05) is 25.1 Å². The van der Waals surface area contributed by atoms with E-state index >= 15 is 0 Å². The van der Waals surface area contributed by atoms with E-state index in [-0.39, 0.29) is 0 Å². The van der Waals surface area contributed by atoms with Crippen LogP contribution in [0.1, 0.15) is 45.1 Å². The maximum Gasteiger partial charge on any atom is 0.170 e. The van der Waals surface area contributed by atoms with E-state index < -0.39 is 0 Å². The van der Waals surface area contributed by atoms with Crippen molar-refractivity contribution in [2.24, 2.45) is 5.92 Å². The summed E-state index contributed by atoms with van der Waals surface area (Å²) < 4.78 is 0. The van der Waals surface area contributed by atoms with Crippen LogP contribution in [0.3, 0.4) is 0 Å². The van der Waals surface area contributed by atoms with E-state index in [1.165, 1.54) is 25.7 Å². The molecule has 1 rings (SSSR count). The van der Waals surface area contributed by atoms with Gasteiger partial charge in [-0.15, -0.1) is 0 Å². The quantitative estimate of drug-likeness (QED) is 0.681. The summed E-state index contributed by atoms with van der Waals surface area (Å²) in [5.74, 6) is 0.691. The van der Waals surface area contributed by atoms with Gasteiger partial charge in [0.05, 0.1) is 0 Å². The van der Waals surface area contributed by atoms with Gasteiger partial charge in [0.15, 0.2) is 5.11 Å². The van der Waals surface area contributed by atoms with E-state index in [2.05, 4.69) is 24.5 Å². The molecule has 0 aliphatic rings. The van der Waals surface area contributed by atoms with Crippen molar-refractivity contribution in [2.75, 3.05) is 11.9 Å². The van der Waals surface area contributed by atoms with E-state index in [0.717, 1.165) is 22.8 Å². The van der Waals surface area contributed by atoms with Gasteiger partial charge in [-0.2, -0.15) is 0 Å². The molecule has 2 nitrogen and oxygen atoms in total.